The zero-order valence-electron chi connectivity index (χ0n) is 9.85. The Morgan fingerprint density at radius 3 is 2.88 bits per heavy atom. The van der Waals surface area contributed by atoms with E-state index in [9.17, 15) is 9.59 Å². The molecule has 1 fully saturated rings. The van der Waals surface area contributed by atoms with Crippen LogP contribution in [0, 0.1) is 5.92 Å². The fourth-order valence-electron chi connectivity index (χ4n) is 1.75. The first kappa shape index (κ1) is 13.9. The maximum atomic E-state index is 11.5. The first-order valence-corrected chi connectivity index (χ1v) is 5.92. The second-order valence-electron chi connectivity index (χ2n) is 4.37. The number of ether oxygens (including phenoxy) is 1. The average Bonchev–Trinajstić information content (AvgIpc) is 2.34. The number of rotatable bonds is 6. The molecule has 0 spiro atoms. The molecule has 17 heavy (non-hydrogen) atoms. The molecule has 6 heteroatoms. The van der Waals surface area contributed by atoms with Crippen molar-refractivity contribution in [1.29, 1.82) is 0 Å². The van der Waals surface area contributed by atoms with Crippen molar-refractivity contribution in [1.82, 2.24) is 5.32 Å². The van der Waals surface area contributed by atoms with Gasteiger partial charge in [0.05, 0.1) is 12.6 Å². The summed E-state index contributed by atoms with van der Waals surface area (Å²) in [4.78, 5) is 21.9. The molecule has 6 nitrogen and oxygen atoms in total. The fraction of sp³-hybridized carbons (Fsp3) is 0.818. The third-order valence-electron chi connectivity index (χ3n) is 2.83. The molecule has 1 aliphatic rings. The molecular formula is C11H20N2O4. The molecule has 1 rings (SSSR count). The molecule has 0 aliphatic carbocycles. The zero-order valence-corrected chi connectivity index (χ0v) is 9.85. The molecule has 1 aliphatic heterocycles. The van der Waals surface area contributed by atoms with Crippen LogP contribution in [0.5, 0.6) is 0 Å². The topological polar surface area (TPSA) is 102 Å². The Labute approximate surface area is 101 Å². The second kappa shape index (κ2) is 7.24. The van der Waals surface area contributed by atoms with Gasteiger partial charge >= 0.3 is 5.97 Å². The molecular weight excluding hydrogens is 224 g/mol. The Balaban J connectivity index is 2.16. The minimum absolute atomic E-state index is 0.0822. The number of aliphatic carboxylic acids is 1. The van der Waals surface area contributed by atoms with Gasteiger partial charge in [-0.2, -0.15) is 0 Å². The Morgan fingerprint density at radius 1 is 1.53 bits per heavy atom. The number of nitrogens with one attached hydrogen (secondary N) is 1. The van der Waals surface area contributed by atoms with E-state index in [0.29, 0.717) is 19.1 Å². The lowest BCUT2D eigenvalue weighted by Gasteiger charge is -2.22. The Kier molecular flexibility index (Phi) is 5.93. The van der Waals surface area contributed by atoms with Crippen LogP contribution in [0.15, 0.2) is 0 Å². The Morgan fingerprint density at radius 2 is 2.29 bits per heavy atom. The van der Waals surface area contributed by atoms with Crippen LogP contribution in [0.2, 0.25) is 0 Å². The van der Waals surface area contributed by atoms with Gasteiger partial charge in [-0.05, 0) is 25.2 Å². The average molecular weight is 244 g/mol. The summed E-state index contributed by atoms with van der Waals surface area (Å²) >= 11 is 0. The summed E-state index contributed by atoms with van der Waals surface area (Å²) in [5, 5.41) is 11.2. The van der Waals surface area contributed by atoms with Crippen LogP contribution < -0.4 is 11.1 Å². The van der Waals surface area contributed by atoms with E-state index in [1.54, 1.807) is 0 Å². The number of amides is 1. The first-order valence-electron chi connectivity index (χ1n) is 5.92. The summed E-state index contributed by atoms with van der Waals surface area (Å²) in [5.74, 6) is -0.870. The van der Waals surface area contributed by atoms with Crippen molar-refractivity contribution >= 4 is 11.9 Å². The largest absolute Gasteiger partial charge is 0.481 e. The van der Waals surface area contributed by atoms with Crippen LogP contribution in [-0.2, 0) is 14.3 Å². The Hall–Kier alpha value is -1.14. The number of carbonyl (C=O) groups excluding carboxylic acids is 1. The van der Waals surface area contributed by atoms with Gasteiger partial charge in [0.1, 0.15) is 0 Å². The molecule has 0 radical (unpaired) electrons. The van der Waals surface area contributed by atoms with Gasteiger partial charge in [-0.15, -0.1) is 0 Å². The molecule has 0 aromatic rings. The molecule has 1 heterocycles. The van der Waals surface area contributed by atoms with Gasteiger partial charge in [0.25, 0.3) is 0 Å². The van der Waals surface area contributed by atoms with E-state index in [4.69, 9.17) is 15.6 Å². The molecule has 2 atom stereocenters. The standard InChI is InChI=1S/C11H20N2O4/c12-9(3-4-10(14)15)11(16)13-6-8-2-1-5-17-7-8/h8-9H,1-7,12H2,(H,13,16)(H,14,15). The monoisotopic (exact) mass is 244 g/mol. The van der Waals surface area contributed by atoms with Crippen LogP contribution in [0.4, 0.5) is 0 Å². The number of nitrogens with two attached hydrogens (primary N) is 1. The van der Waals surface area contributed by atoms with Crippen LogP contribution in [0.3, 0.4) is 0 Å². The second-order valence-corrected chi connectivity index (χ2v) is 4.37. The molecule has 4 N–H and O–H groups in total. The van der Waals surface area contributed by atoms with Gasteiger partial charge in [0.2, 0.25) is 5.91 Å². The first-order chi connectivity index (χ1) is 8.09. The lowest BCUT2D eigenvalue weighted by Crippen LogP contribution is -2.43. The van der Waals surface area contributed by atoms with Crippen molar-refractivity contribution in [3.05, 3.63) is 0 Å². The summed E-state index contributed by atoms with van der Waals surface area (Å²) in [6.45, 7) is 2.02. The van der Waals surface area contributed by atoms with Crippen LogP contribution >= 0.6 is 0 Å². The van der Waals surface area contributed by atoms with Crippen molar-refractivity contribution in [3.8, 4) is 0 Å². The fourth-order valence-corrected chi connectivity index (χ4v) is 1.75. The van der Waals surface area contributed by atoms with E-state index < -0.39 is 12.0 Å². The SMILES string of the molecule is NC(CCC(=O)O)C(=O)NCC1CCCOC1. The Bertz CT molecular complexity index is 264. The van der Waals surface area contributed by atoms with E-state index >= 15 is 0 Å². The zero-order chi connectivity index (χ0) is 12.7. The van der Waals surface area contributed by atoms with Crippen molar-refractivity contribution in [3.63, 3.8) is 0 Å². The third kappa shape index (κ3) is 5.65. The molecule has 0 bridgehead atoms. The van der Waals surface area contributed by atoms with Gasteiger partial charge in [-0.25, -0.2) is 0 Å². The van der Waals surface area contributed by atoms with Crippen molar-refractivity contribution < 1.29 is 19.4 Å². The van der Waals surface area contributed by atoms with Gasteiger partial charge in [-0.3, -0.25) is 9.59 Å². The van der Waals surface area contributed by atoms with E-state index in [2.05, 4.69) is 5.32 Å². The van der Waals surface area contributed by atoms with Gasteiger partial charge in [0, 0.05) is 19.6 Å². The summed E-state index contributed by atoms with van der Waals surface area (Å²) < 4.78 is 5.29. The summed E-state index contributed by atoms with van der Waals surface area (Å²) in [6, 6.07) is -0.740. The number of hydrogen-bond donors (Lipinski definition) is 3. The minimum atomic E-state index is -0.936. The highest BCUT2D eigenvalue weighted by Gasteiger charge is 2.18. The lowest BCUT2D eigenvalue weighted by atomic mass is 10.0. The molecule has 1 amide bonds. The molecule has 0 aromatic carbocycles. The summed E-state index contributed by atoms with van der Waals surface area (Å²) in [6.07, 6.45) is 2.15. The summed E-state index contributed by atoms with van der Waals surface area (Å²) in [5.41, 5.74) is 5.57. The van der Waals surface area contributed by atoms with Gasteiger partial charge in [-0.1, -0.05) is 0 Å². The van der Waals surface area contributed by atoms with E-state index in [0.717, 1.165) is 19.4 Å². The number of hydrogen-bond acceptors (Lipinski definition) is 4. The van der Waals surface area contributed by atoms with Crippen molar-refractivity contribution in [2.45, 2.75) is 31.7 Å². The van der Waals surface area contributed by atoms with Gasteiger partial charge in [0.15, 0.2) is 0 Å². The van der Waals surface area contributed by atoms with E-state index in [1.165, 1.54) is 0 Å². The normalized spacial score (nSPS) is 21.8. The van der Waals surface area contributed by atoms with Gasteiger partial charge < -0.3 is 20.9 Å². The molecule has 0 saturated carbocycles. The molecule has 0 aromatic heterocycles. The maximum Gasteiger partial charge on any atom is 0.303 e. The highest BCUT2D eigenvalue weighted by Crippen LogP contribution is 2.12. The van der Waals surface area contributed by atoms with Crippen LogP contribution in [0.25, 0.3) is 0 Å². The number of carboxylic acid groups (broad SMARTS) is 1. The smallest absolute Gasteiger partial charge is 0.303 e. The molecule has 98 valence electrons. The number of carbonyl (C=O) groups is 2. The predicted octanol–water partition coefficient (Wildman–Crippen LogP) is -0.279. The predicted molar refractivity (Wildman–Crippen MR) is 61.4 cm³/mol. The minimum Gasteiger partial charge on any atom is -0.481 e. The van der Waals surface area contributed by atoms with Crippen LogP contribution in [0.1, 0.15) is 25.7 Å². The van der Waals surface area contributed by atoms with Crippen LogP contribution in [-0.4, -0.2) is 42.8 Å². The lowest BCUT2D eigenvalue weighted by molar-refractivity contribution is -0.137. The number of carboxylic acids is 1. The van der Waals surface area contributed by atoms with E-state index in [-0.39, 0.29) is 18.7 Å². The highest BCUT2D eigenvalue weighted by molar-refractivity contribution is 5.82. The quantitative estimate of drug-likeness (QED) is 0.596. The maximum absolute atomic E-state index is 11.5. The van der Waals surface area contributed by atoms with E-state index in [1.807, 2.05) is 0 Å². The molecule has 1 saturated heterocycles. The third-order valence-corrected chi connectivity index (χ3v) is 2.83. The summed E-state index contributed by atoms with van der Waals surface area (Å²) in [7, 11) is 0. The molecule has 2 unspecified atom stereocenters. The van der Waals surface area contributed by atoms with Crippen molar-refractivity contribution in [2.75, 3.05) is 19.8 Å². The highest BCUT2D eigenvalue weighted by atomic mass is 16.5. The van der Waals surface area contributed by atoms with Crippen molar-refractivity contribution in [2.24, 2.45) is 11.7 Å².